The normalized spacial score (nSPS) is 12.7. The molecule has 2 heterocycles. The average Bonchev–Trinajstić information content (AvgIpc) is 2.81. The summed E-state index contributed by atoms with van der Waals surface area (Å²) in [5.74, 6) is 0. The van der Waals surface area contributed by atoms with Crippen molar-refractivity contribution in [3.8, 4) is 0 Å². The van der Waals surface area contributed by atoms with Gasteiger partial charge < -0.3 is 5.73 Å². The van der Waals surface area contributed by atoms with Gasteiger partial charge in [0.1, 0.15) is 0 Å². The standard InChI is InChI=1S/C14H20N4/c1-4-12-7-13(18(5-2)17-12)14(15)11-6-10(3)8-16-9-11/h6-9,14H,4-5,15H2,1-3H3. The van der Waals surface area contributed by atoms with Crippen LogP contribution in [0.5, 0.6) is 0 Å². The van der Waals surface area contributed by atoms with Gasteiger partial charge in [0, 0.05) is 18.9 Å². The van der Waals surface area contributed by atoms with Crippen LogP contribution in [0, 0.1) is 6.92 Å². The molecule has 1 atom stereocenters. The first-order valence-electron chi connectivity index (χ1n) is 6.39. The van der Waals surface area contributed by atoms with Crippen molar-refractivity contribution in [3.05, 3.63) is 47.0 Å². The minimum absolute atomic E-state index is 0.162. The summed E-state index contributed by atoms with van der Waals surface area (Å²) < 4.78 is 1.98. The fourth-order valence-corrected chi connectivity index (χ4v) is 2.08. The molecule has 0 aliphatic rings. The van der Waals surface area contributed by atoms with E-state index in [2.05, 4.69) is 36.1 Å². The Kier molecular flexibility index (Phi) is 3.77. The third kappa shape index (κ3) is 2.43. The highest BCUT2D eigenvalue weighted by molar-refractivity contribution is 5.28. The minimum atomic E-state index is -0.162. The van der Waals surface area contributed by atoms with E-state index in [1.807, 2.05) is 24.0 Å². The molecule has 4 nitrogen and oxygen atoms in total. The Hall–Kier alpha value is -1.68. The topological polar surface area (TPSA) is 56.7 Å². The molecule has 0 aliphatic heterocycles. The van der Waals surface area contributed by atoms with Crippen molar-refractivity contribution in [1.82, 2.24) is 14.8 Å². The van der Waals surface area contributed by atoms with E-state index in [1.165, 1.54) is 0 Å². The number of rotatable bonds is 4. The molecule has 4 heteroatoms. The molecule has 0 spiro atoms. The molecular weight excluding hydrogens is 224 g/mol. The van der Waals surface area contributed by atoms with E-state index in [0.29, 0.717) is 0 Å². The molecule has 2 aromatic heterocycles. The van der Waals surface area contributed by atoms with Crippen LogP contribution in [0.15, 0.2) is 24.5 Å². The second-order valence-corrected chi connectivity index (χ2v) is 4.50. The van der Waals surface area contributed by atoms with Gasteiger partial charge in [-0.2, -0.15) is 5.10 Å². The van der Waals surface area contributed by atoms with Gasteiger partial charge in [-0.1, -0.05) is 13.0 Å². The summed E-state index contributed by atoms with van der Waals surface area (Å²) in [6.07, 6.45) is 4.60. The molecule has 0 aliphatic carbocycles. The van der Waals surface area contributed by atoms with E-state index < -0.39 is 0 Å². The molecular formula is C14H20N4. The first kappa shape index (κ1) is 12.8. The maximum absolute atomic E-state index is 6.33. The number of hydrogen-bond acceptors (Lipinski definition) is 3. The molecule has 0 fully saturated rings. The lowest BCUT2D eigenvalue weighted by molar-refractivity contribution is 0.594. The van der Waals surface area contributed by atoms with Crippen molar-refractivity contribution in [2.75, 3.05) is 0 Å². The van der Waals surface area contributed by atoms with Crippen LogP contribution in [0.3, 0.4) is 0 Å². The van der Waals surface area contributed by atoms with E-state index in [1.54, 1.807) is 0 Å². The van der Waals surface area contributed by atoms with Crippen molar-refractivity contribution in [2.45, 2.75) is 39.8 Å². The van der Waals surface area contributed by atoms with Crippen LogP contribution in [-0.2, 0) is 13.0 Å². The molecule has 0 aromatic carbocycles. The quantitative estimate of drug-likeness (QED) is 0.897. The molecule has 2 rings (SSSR count). The highest BCUT2D eigenvalue weighted by atomic mass is 15.3. The second-order valence-electron chi connectivity index (χ2n) is 4.50. The number of nitrogens with zero attached hydrogens (tertiary/aromatic N) is 3. The minimum Gasteiger partial charge on any atom is -0.319 e. The highest BCUT2D eigenvalue weighted by Crippen LogP contribution is 2.20. The smallest absolute Gasteiger partial charge is 0.0738 e. The molecule has 18 heavy (non-hydrogen) atoms. The number of aryl methyl sites for hydroxylation is 3. The largest absolute Gasteiger partial charge is 0.319 e. The van der Waals surface area contributed by atoms with Gasteiger partial charge in [0.15, 0.2) is 0 Å². The Morgan fingerprint density at radius 1 is 1.28 bits per heavy atom. The van der Waals surface area contributed by atoms with Gasteiger partial charge >= 0.3 is 0 Å². The summed E-state index contributed by atoms with van der Waals surface area (Å²) in [4.78, 5) is 4.20. The summed E-state index contributed by atoms with van der Waals surface area (Å²) in [6, 6.07) is 4.01. The lowest BCUT2D eigenvalue weighted by atomic mass is 10.0. The first-order valence-corrected chi connectivity index (χ1v) is 6.39. The van der Waals surface area contributed by atoms with Gasteiger partial charge in [0.2, 0.25) is 0 Å². The summed E-state index contributed by atoms with van der Waals surface area (Å²) in [7, 11) is 0. The third-order valence-electron chi connectivity index (χ3n) is 3.10. The Morgan fingerprint density at radius 2 is 2.06 bits per heavy atom. The van der Waals surface area contributed by atoms with Crippen LogP contribution in [-0.4, -0.2) is 14.8 Å². The predicted molar refractivity (Wildman–Crippen MR) is 72.3 cm³/mol. The fraction of sp³-hybridized carbons (Fsp3) is 0.429. The zero-order valence-electron chi connectivity index (χ0n) is 11.2. The summed E-state index contributed by atoms with van der Waals surface area (Å²) in [6.45, 7) is 7.04. The maximum Gasteiger partial charge on any atom is 0.0738 e. The maximum atomic E-state index is 6.33. The van der Waals surface area contributed by atoms with Gasteiger partial charge in [-0.05, 0) is 37.5 Å². The van der Waals surface area contributed by atoms with E-state index in [9.17, 15) is 0 Å². The lowest BCUT2D eigenvalue weighted by Crippen LogP contribution is -2.17. The van der Waals surface area contributed by atoms with Crippen LogP contribution in [0.4, 0.5) is 0 Å². The van der Waals surface area contributed by atoms with Crippen LogP contribution >= 0.6 is 0 Å². The second kappa shape index (κ2) is 5.31. The molecule has 0 saturated carbocycles. The van der Waals surface area contributed by atoms with Crippen LogP contribution in [0.1, 0.15) is 42.4 Å². The number of hydrogen-bond donors (Lipinski definition) is 1. The van der Waals surface area contributed by atoms with Crippen LogP contribution < -0.4 is 5.73 Å². The monoisotopic (exact) mass is 244 g/mol. The van der Waals surface area contributed by atoms with Crippen LogP contribution in [0.25, 0.3) is 0 Å². The molecule has 0 saturated heterocycles. The molecule has 2 aromatic rings. The van der Waals surface area contributed by atoms with E-state index in [0.717, 1.165) is 35.5 Å². The zero-order valence-corrected chi connectivity index (χ0v) is 11.2. The van der Waals surface area contributed by atoms with Gasteiger partial charge in [0.05, 0.1) is 17.4 Å². The lowest BCUT2D eigenvalue weighted by Gasteiger charge is -2.13. The molecule has 1 unspecified atom stereocenters. The van der Waals surface area contributed by atoms with Crippen molar-refractivity contribution >= 4 is 0 Å². The van der Waals surface area contributed by atoms with Crippen molar-refractivity contribution < 1.29 is 0 Å². The van der Waals surface area contributed by atoms with Crippen LogP contribution in [0.2, 0.25) is 0 Å². The summed E-state index contributed by atoms with van der Waals surface area (Å²) >= 11 is 0. The summed E-state index contributed by atoms with van der Waals surface area (Å²) in [5.41, 5.74) is 10.6. The van der Waals surface area contributed by atoms with Gasteiger partial charge in [0.25, 0.3) is 0 Å². The van der Waals surface area contributed by atoms with Crippen molar-refractivity contribution in [3.63, 3.8) is 0 Å². The van der Waals surface area contributed by atoms with E-state index in [-0.39, 0.29) is 6.04 Å². The first-order chi connectivity index (χ1) is 8.65. The molecule has 0 radical (unpaired) electrons. The van der Waals surface area contributed by atoms with Gasteiger partial charge in [-0.25, -0.2) is 0 Å². The number of nitrogens with two attached hydrogens (primary N) is 1. The molecule has 2 N–H and O–H groups in total. The Bertz CT molecular complexity index is 530. The third-order valence-corrected chi connectivity index (χ3v) is 3.10. The van der Waals surface area contributed by atoms with Crippen molar-refractivity contribution in [1.29, 1.82) is 0 Å². The predicted octanol–water partition coefficient (Wildman–Crippen LogP) is 2.22. The van der Waals surface area contributed by atoms with Gasteiger partial charge in [-0.3, -0.25) is 9.67 Å². The Balaban J connectivity index is 2.38. The number of pyridine rings is 1. The van der Waals surface area contributed by atoms with Gasteiger partial charge in [-0.15, -0.1) is 0 Å². The summed E-state index contributed by atoms with van der Waals surface area (Å²) in [5, 5.41) is 4.53. The fourth-order valence-electron chi connectivity index (χ4n) is 2.08. The van der Waals surface area contributed by atoms with E-state index >= 15 is 0 Å². The zero-order chi connectivity index (χ0) is 13.1. The number of aromatic nitrogens is 3. The highest BCUT2D eigenvalue weighted by Gasteiger charge is 2.15. The Morgan fingerprint density at radius 3 is 2.67 bits per heavy atom. The van der Waals surface area contributed by atoms with E-state index in [4.69, 9.17) is 5.73 Å². The average molecular weight is 244 g/mol. The Labute approximate surface area is 108 Å². The molecule has 0 bridgehead atoms. The SMILES string of the molecule is CCc1cc(C(N)c2cncc(C)c2)n(CC)n1. The molecule has 0 amide bonds. The van der Waals surface area contributed by atoms with Crippen molar-refractivity contribution in [2.24, 2.45) is 5.73 Å². The molecule has 96 valence electrons.